The normalized spacial score (nSPS) is 11.6. The van der Waals surface area contributed by atoms with Gasteiger partial charge in [0, 0.05) is 38.3 Å². The van der Waals surface area contributed by atoms with E-state index in [1.54, 1.807) is 0 Å². The number of benzene rings is 9. The highest BCUT2D eigenvalue weighted by atomic mass is 15.0. The van der Waals surface area contributed by atoms with Gasteiger partial charge in [-0.1, -0.05) is 172 Å². The molecular formula is C54H43B7N2. The molecule has 0 unspecified atom stereocenters. The molecule has 0 N–H and O–H groups in total. The van der Waals surface area contributed by atoms with Gasteiger partial charge in [-0.05, 0) is 75.2 Å². The number of fused-ring (bicyclic) bond motifs is 6. The van der Waals surface area contributed by atoms with Crippen LogP contribution in [0.5, 0.6) is 0 Å². The molecule has 0 saturated carbocycles. The third kappa shape index (κ3) is 5.97. The molecule has 11 rings (SSSR count). The van der Waals surface area contributed by atoms with Crippen LogP contribution in [0.4, 0.5) is 0 Å². The lowest BCUT2D eigenvalue weighted by Crippen LogP contribution is -2.48. The lowest BCUT2D eigenvalue weighted by atomic mass is 9.64. The maximum Gasteiger partial charge on any atom is 0.141 e. The quantitative estimate of drug-likeness (QED) is 0.229. The standard InChI is InChI=1S/C54H43B7N2/c55-46-43(47(56)51(60)53-44(46)45-48(57)49(58)50(59)52(61)54(45)63(53)40-23-13-11-21-36(40)32-18-8-3-9-19-32)34-25-27-42-38(29-34)37-28-33(30-14-4-1-5-15-30)24-26-41(37)62(42)39-22-12-10-20-35(39)31-16-6-2-7-17-31/h1-29H,55-61H2. The number of aromatic nitrogens is 2. The van der Waals surface area contributed by atoms with Crippen molar-refractivity contribution < 1.29 is 0 Å². The molecule has 2 nitrogen and oxygen atoms in total. The first-order chi connectivity index (χ1) is 30.7. The molecule has 2 aromatic heterocycles. The van der Waals surface area contributed by atoms with E-state index >= 15 is 0 Å². The predicted molar refractivity (Wildman–Crippen MR) is 294 cm³/mol. The van der Waals surface area contributed by atoms with Crippen LogP contribution < -0.4 is 38.2 Å². The number of rotatable bonds is 6. The van der Waals surface area contributed by atoms with Gasteiger partial charge in [0.25, 0.3) is 0 Å². The summed E-state index contributed by atoms with van der Waals surface area (Å²) in [4.78, 5) is 0. The Hall–Kier alpha value is -6.97. The third-order valence-corrected chi connectivity index (χ3v) is 14.3. The zero-order chi connectivity index (χ0) is 43.1. The Balaban J connectivity index is 1.23. The average Bonchev–Trinajstić information content (AvgIpc) is 3.86. The van der Waals surface area contributed by atoms with Crippen LogP contribution in [0, 0.1) is 0 Å². The summed E-state index contributed by atoms with van der Waals surface area (Å²) < 4.78 is 5.09. The Morgan fingerprint density at radius 2 is 0.698 bits per heavy atom. The third-order valence-electron chi connectivity index (χ3n) is 14.3. The van der Waals surface area contributed by atoms with Crippen molar-refractivity contribution >= 4 is 137 Å². The fourth-order valence-corrected chi connectivity index (χ4v) is 10.7. The molecule has 0 amide bonds. The summed E-state index contributed by atoms with van der Waals surface area (Å²) in [5, 5.41) is 5.20. The number of hydrogen-bond acceptors (Lipinski definition) is 0. The monoisotopic (exact) mass is 796 g/mol. The molecule has 0 bridgehead atoms. The van der Waals surface area contributed by atoms with Crippen molar-refractivity contribution in [3.63, 3.8) is 0 Å². The molecule has 11 aromatic rings. The molecule has 0 aliphatic carbocycles. The SMILES string of the molecule is Bc1c(B)c(B)c2c(c1B)c1c(B)c(-c3ccc4c(c3)c3cc(-c5ccccc5)ccc3n4-c3ccccc3-c3ccccc3)c(B)c(B)c1n2-c1ccccc1-c1ccccc1. The number of para-hydroxylation sites is 2. The van der Waals surface area contributed by atoms with Gasteiger partial charge in [-0.25, -0.2) is 0 Å². The topological polar surface area (TPSA) is 9.86 Å². The molecule has 2 heterocycles. The summed E-state index contributed by atoms with van der Waals surface area (Å²) in [5.74, 6) is 0. The highest BCUT2D eigenvalue weighted by Gasteiger charge is 2.26. The van der Waals surface area contributed by atoms with E-state index in [0.29, 0.717) is 0 Å². The average molecular weight is 796 g/mol. The predicted octanol–water partition coefficient (Wildman–Crippen LogP) is 2.36. The van der Waals surface area contributed by atoms with Crippen molar-refractivity contribution in [3.05, 3.63) is 176 Å². The van der Waals surface area contributed by atoms with Gasteiger partial charge in [-0.3, -0.25) is 0 Å². The van der Waals surface area contributed by atoms with E-state index in [-0.39, 0.29) is 0 Å². The van der Waals surface area contributed by atoms with Crippen molar-refractivity contribution in [2.24, 2.45) is 0 Å². The van der Waals surface area contributed by atoms with Gasteiger partial charge in [0.15, 0.2) is 0 Å². The van der Waals surface area contributed by atoms with E-state index in [1.165, 1.54) is 138 Å². The molecule has 0 fully saturated rings. The zero-order valence-corrected chi connectivity index (χ0v) is 37.1. The highest BCUT2D eigenvalue weighted by molar-refractivity contribution is 6.69. The largest absolute Gasteiger partial charge is 0.310 e. The summed E-state index contributed by atoms with van der Waals surface area (Å²) >= 11 is 0. The van der Waals surface area contributed by atoms with Crippen molar-refractivity contribution in [3.8, 4) is 55.9 Å². The van der Waals surface area contributed by atoms with Crippen LogP contribution in [-0.4, -0.2) is 64.1 Å². The van der Waals surface area contributed by atoms with Gasteiger partial charge in [-0.15, -0.1) is 5.46 Å². The maximum atomic E-state index is 2.60. The summed E-state index contributed by atoms with van der Waals surface area (Å²) in [6.45, 7) is 0. The lowest BCUT2D eigenvalue weighted by Gasteiger charge is -2.20. The van der Waals surface area contributed by atoms with Gasteiger partial charge < -0.3 is 9.13 Å². The minimum absolute atomic E-state index is 1.17. The van der Waals surface area contributed by atoms with Crippen LogP contribution in [-0.2, 0) is 0 Å². The van der Waals surface area contributed by atoms with E-state index in [0.717, 1.165) is 0 Å². The van der Waals surface area contributed by atoms with Crippen LogP contribution in [0.3, 0.4) is 0 Å². The van der Waals surface area contributed by atoms with Gasteiger partial charge >= 0.3 is 0 Å². The molecule has 0 aliphatic heterocycles. The molecular weight excluding hydrogens is 752 g/mol. The molecule has 9 aromatic carbocycles. The fourth-order valence-electron chi connectivity index (χ4n) is 10.7. The Morgan fingerprint density at radius 1 is 0.286 bits per heavy atom. The first-order valence-electron chi connectivity index (χ1n) is 22.2. The van der Waals surface area contributed by atoms with Gasteiger partial charge in [0.2, 0.25) is 0 Å². The summed E-state index contributed by atoms with van der Waals surface area (Å²) in [6.07, 6.45) is 0. The van der Waals surface area contributed by atoms with E-state index in [2.05, 4.69) is 240 Å². The second-order valence-corrected chi connectivity index (χ2v) is 17.5. The molecule has 63 heavy (non-hydrogen) atoms. The molecule has 290 valence electrons. The van der Waals surface area contributed by atoms with E-state index in [9.17, 15) is 0 Å². The van der Waals surface area contributed by atoms with Crippen LogP contribution in [0.25, 0.3) is 99.5 Å². The van der Waals surface area contributed by atoms with Crippen molar-refractivity contribution in [2.75, 3.05) is 0 Å². The number of nitrogens with zero attached hydrogens (tertiary/aromatic N) is 2. The summed E-state index contributed by atoms with van der Waals surface area (Å²) in [6, 6.07) is 64.4. The molecule has 0 atom stereocenters. The minimum atomic E-state index is 1.17. The Bertz CT molecular complexity index is 3630. The molecule has 0 radical (unpaired) electrons. The minimum Gasteiger partial charge on any atom is -0.310 e. The second-order valence-electron chi connectivity index (χ2n) is 17.5. The Labute approximate surface area is 375 Å². The molecule has 0 saturated heterocycles. The zero-order valence-electron chi connectivity index (χ0n) is 37.1. The first-order valence-corrected chi connectivity index (χ1v) is 22.2. The van der Waals surface area contributed by atoms with Crippen molar-refractivity contribution in [1.82, 2.24) is 9.13 Å². The van der Waals surface area contributed by atoms with Crippen molar-refractivity contribution in [1.29, 1.82) is 0 Å². The Morgan fingerprint density at radius 3 is 1.25 bits per heavy atom. The summed E-state index contributed by atoms with van der Waals surface area (Å²) in [5.41, 5.74) is 26.6. The van der Waals surface area contributed by atoms with Gasteiger partial charge in [0.1, 0.15) is 54.9 Å². The lowest BCUT2D eigenvalue weighted by molar-refractivity contribution is 1.18. The first kappa shape index (κ1) is 38.9. The smallest absolute Gasteiger partial charge is 0.141 e. The van der Waals surface area contributed by atoms with Gasteiger partial charge in [-0.2, -0.15) is 0 Å². The van der Waals surface area contributed by atoms with Crippen LogP contribution in [0.2, 0.25) is 0 Å². The fraction of sp³-hybridized carbons (Fsp3) is 0. The van der Waals surface area contributed by atoms with E-state index in [1.807, 2.05) is 0 Å². The van der Waals surface area contributed by atoms with E-state index < -0.39 is 0 Å². The van der Waals surface area contributed by atoms with Crippen LogP contribution in [0.1, 0.15) is 0 Å². The van der Waals surface area contributed by atoms with E-state index in [4.69, 9.17) is 0 Å². The van der Waals surface area contributed by atoms with Crippen LogP contribution >= 0.6 is 0 Å². The van der Waals surface area contributed by atoms with Gasteiger partial charge in [0.05, 0.1) is 22.4 Å². The number of hydrogen-bond donors (Lipinski definition) is 0. The molecule has 0 aliphatic rings. The van der Waals surface area contributed by atoms with Crippen LogP contribution in [0.15, 0.2) is 176 Å². The Kier molecular flexibility index (Phi) is 9.35. The second kappa shape index (κ2) is 15.1. The molecule has 0 spiro atoms. The summed E-state index contributed by atoms with van der Waals surface area (Å²) in [7, 11) is 16.3. The van der Waals surface area contributed by atoms with Crippen molar-refractivity contribution in [2.45, 2.75) is 0 Å². The highest BCUT2D eigenvalue weighted by Crippen LogP contribution is 2.40. The molecule has 9 heteroatoms. The maximum absolute atomic E-state index is 2.60.